The Morgan fingerprint density at radius 3 is 2.62 bits per heavy atom. The molecule has 0 spiro atoms. The van der Waals surface area contributed by atoms with Gasteiger partial charge in [0.1, 0.15) is 5.82 Å². The van der Waals surface area contributed by atoms with Gasteiger partial charge in [0.25, 0.3) is 0 Å². The van der Waals surface area contributed by atoms with Gasteiger partial charge in [-0.3, -0.25) is 0 Å². The highest BCUT2D eigenvalue weighted by atomic mass is 35.5. The van der Waals surface area contributed by atoms with Crippen molar-refractivity contribution in [2.75, 3.05) is 11.9 Å². The van der Waals surface area contributed by atoms with Crippen LogP contribution in [0.2, 0.25) is 0 Å². The van der Waals surface area contributed by atoms with Gasteiger partial charge in [-0.1, -0.05) is 26.8 Å². The Bertz CT molecular complexity index is 331. The van der Waals surface area contributed by atoms with Crippen molar-refractivity contribution in [3.05, 3.63) is 23.9 Å². The first-order valence-corrected chi connectivity index (χ1v) is 6.12. The lowest BCUT2D eigenvalue weighted by molar-refractivity contribution is 0.373. The third-order valence-corrected chi connectivity index (χ3v) is 2.54. The summed E-state index contributed by atoms with van der Waals surface area (Å²) in [4.78, 5) is 4.37. The molecule has 1 aromatic rings. The third-order valence-electron chi connectivity index (χ3n) is 2.23. The zero-order valence-electron chi connectivity index (χ0n) is 10.5. The summed E-state index contributed by atoms with van der Waals surface area (Å²) in [6, 6.07) is 5.95. The van der Waals surface area contributed by atoms with Crippen molar-refractivity contribution in [1.29, 1.82) is 0 Å². The standard InChI is InChI=1S/C13H21ClN2/c1-10-6-5-7-12(16-10)15-9-11(14)8-13(2,3)4/h5-7,11H,8-9H2,1-4H3,(H,15,16). The van der Waals surface area contributed by atoms with Crippen LogP contribution in [0.25, 0.3) is 0 Å². The maximum absolute atomic E-state index is 6.26. The smallest absolute Gasteiger partial charge is 0.126 e. The van der Waals surface area contributed by atoms with E-state index in [9.17, 15) is 0 Å². The van der Waals surface area contributed by atoms with Gasteiger partial charge in [-0.15, -0.1) is 11.6 Å². The molecule has 0 saturated carbocycles. The molecule has 1 rings (SSSR count). The second-order valence-electron chi connectivity index (χ2n) is 5.41. The molecule has 2 nitrogen and oxygen atoms in total. The molecule has 0 saturated heterocycles. The van der Waals surface area contributed by atoms with Crippen molar-refractivity contribution in [3.8, 4) is 0 Å². The molecule has 1 N–H and O–H groups in total. The van der Waals surface area contributed by atoms with E-state index >= 15 is 0 Å². The average molecular weight is 241 g/mol. The van der Waals surface area contributed by atoms with Gasteiger partial charge in [-0.25, -0.2) is 4.98 Å². The third kappa shape index (κ3) is 5.36. The molecular weight excluding hydrogens is 220 g/mol. The van der Waals surface area contributed by atoms with Crippen molar-refractivity contribution in [2.24, 2.45) is 5.41 Å². The van der Waals surface area contributed by atoms with Gasteiger partial charge in [0, 0.05) is 12.2 Å². The Kier molecular flexibility index (Phi) is 4.60. The van der Waals surface area contributed by atoms with Crippen LogP contribution in [0.5, 0.6) is 0 Å². The van der Waals surface area contributed by atoms with E-state index in [1.54, 1.807) is 0 Å². The number of halogens is 1. The van der Waals surface area contributed by atoms with Crippen LogP contribution in [-0.2, 0) is 0 Å². The lowest BCUT2D eigenvalue weighted by atomic mass is 9.90. The monoisotopic (exact) mass is 240 g/mol. The second kappa shape index (κ2) is 5.53. The predicted octanol–water partition coefficient (Wildman–Crippen LogP) is 3.85. The van der Waals surface area contributed by atoms with Crippen LogP contribution in [0.15, 0.2) is 18.2 Å². The molecule has 0 aromatic carbocycles. The largest absolute Gasteiger partial charge is 0.369 e. The van der Waals surface area contributed by atoms with Crippen molar-refractivity contribution in [1.82, 2.24) is 4.98 Å². The fourth-order valence-corrected chi connectivity index (χ4v) is 2.13. The molecule has 16 heavy (non-hydrogen) atoms. The number of nitrogens with one attached hydrogen (secondary N) is 1. The molecule has 0 amide bonds. The minimum Gasteiger partial charge on any atom is -0.369 e. The number of rotatable bonds is 4. The number of nitrogens with zero attached hydrogens (tertiary/aromatic N) is 1. The van der Waals surface area contributed by atoms with E-state index in [1.165, 1.54) is 0 Å². The SMILES string of the molecule is Cc1cccc(NCC(Cl)CC(C)(C)C)n1. The molecule has 0 aliphatic rings. The maximum atomic E-state index is 6.26. The first-order chi connectivity index (χ1) is 7.37. The zero-order chi connectivity index (χ0) is 12.2. The molecule has 1 aromatic heterocycles. The van der Waals surface area contributed by atoms with Crippen LogP contribution >= 0.6 is 11.6 Å². The van der Waals surface area contributed by atoms with E-state index in [1.807, 2.05) is 25.1 Å². The van der Waals surface area contributed by atoms with Crippen LogP contribution in [0.3, 0.4) is 0 Å². The highest BCUT2D eigenvalue weighted by molar-refractivity contribution is 6.20. The molecule has 1 unspecified atom stereocenters. The Balaban J connectivity index is 2.40. The van der Waals surface area contributed by atoms with Gasteiger partial charge >= 0.3 is 0 Å². The number of alkyl halides is 1. The van der Waals surface area contributed by atoms with Crippen LogP contribution in [-0.4, -0.2) is 16.9 Å². The fourth-order valence-electron chi connectivity index (χ4n) is 1.59. The van der Waals surface area contributed by atoms with Gasteiger partial charge < -0.3 is 5.32 Å². The first-order valence-electron chi connectivity index (χ1n) is 5.68. The predicted molar refractivity (Wildman–Crippen MR) is 71.2 cm³/mol. The van der Waals surface area contributed by atoms with E-state index in [-0.39, 0.29) is 10.8 Å². The number of anilines is 1. The maximum Gasteiger partial charge on any atom is 0.126 e. The zero-order valence-corrected chi connectivity index (χ0v) is 11.3. The number of hydrogen-bond acceptors (Lipinski definition) is 2. The lowest BCUT2D eigenvalue weighted by Gasteiger charge is -2.22. The van der Waals surface area contributed by atoms with E-state index in [0.717, 1.165) is 24.5 Å². The molecule has 1 heterocycles. The quantitative estimate of drug-likeness (QED) is 0.809. The van der Waals surface area contributed by atoms with E-state index in [0.29, 0.717) is 0 Å². The minimum absolute atomic E-state index is 0.141. The molecule has 0 aliphatic carbocycles. The van der Waals surface area contributed by atoms with Crippen molar-refractivity contribution in [2.45, 2.75) is 39.5 Å². The number of aryl methyl sites for hydroxylation is 1. The normalized spacial score (nSPS) is 13.6. The Morgan fingerprint density at radius 2 is 2.06 bits per heavy atom. The van der Waals surface area contributed by atoms with Crippen LogP contribution in [0.4, 0.5) is 5.82 Å². The fraction of sp³-hybridized carbons (Fsp3) is 0.615. The van der Waals surface area contributed by atoms with Gasteiger partial charge in [-0.05, 0) is 30.9 Å². The van der Waals surface area contributed by atoms with E-state index in [2.05, 4.69) is 31.1 Å². The van der Waals surface area contributed by atoms with E-state index in [4.69, 9.17) is 11.6 Å². The molecule has 0 bridgehead atoms. The summed E-state index contributed by atoms with van der Waals surface area (Å²) in [6.07, 6.45) is 0.993. The summed E-state index contributed by atoms with van der Waals surface area (Å²) in [5, 5.41) is 3.41. The first kappa shape index (κ1) is 13.3. The molecule has 3 heteroatoms. The Hall–Kier alpha value is -0.760. The van der Waals surface area contributed by atoms with Gasteiger partial charge in [0.05, 0.1) is 5.38 Å². The molecule has 0 aliphatic heterocycles. The van der Waals surface area contributed by atoms with Gasteiger partial charge in [0.15, 0.2) is 0 Å². The van der Waals surface area contributed by atoms with Crippen molar-refractivity contribution in [3.63, 3.8) is 0 Å². The summed E-state index contributed by atoms with van der Waals surface area (Å²) in [6.45, 7) is 9.35. The number of hydrogen-bond donors (Lipinski definition) is 1. The van der Waals surface area contributed by atoms with Crippen LogP contribution in [0, 0.1) is 12.3 Å². The summed E-state index contributed by atoms with van der Waals surface area (Å²) in [5.74, 6) is 0.902. The second-order valence-corrected chi connectivity index (χ2v) is 6.02. The minimum atomic E-state index is 0.141. The molecule has 0 fully saturated rings. The number of pyridine rings is 1. The number of aromatic nitrogens is 1. The summed E-state index contributed by atoms with van der Waals surface area (Å²) >= 11 is 6.26. The molecule has 1 atom stereocenters. The van der Waals surface area contributed by atoms with E-state index < -0.39 is 0 Å². The summed E-state index contributed by atoms with van der Waals surface area (Å²) in [7, 11) is 0. The summed E-state index contributed by atoms with van der Waals surface area (Å²) < 4.78 is 0. The highest BCUT2D eigenvalue weighted by Gasteiger charge is 2.16. The average Bonchev–Trinajstić information content (AvgIpc) is 2.12. The Labute approximate surface area is 103 Å². The van der Waals surface area contributed by atoms with Crippen molar-refractivity contribution < 1.29 is 0 Å². The van der Waals surface area contributed by atoms with Crippen LogP contribution < -0.4 is 5.32 Å². The molecule has 90 valence electrons. The van der Waals surface area contributed by atoms with Gasteiger partial charge in [-0.2, -0.15) is 0 Å². The molecular formula is C13H21ClN2. The summed E-state index contributed by atoms with van der Waals surface area (Å²) in [5.41, 5.74) is 1.29. The molecule has 0 radical (unpaired) electrons. The highest BCUT2D eigenvalue weighted by Crippen LogP contribution is 2.23. The topological polar surface area (TPSA) is 24.9 Å². The van der Waals surface area contributed by atoms with Gasteiger partial charge in [0.2, 0.25) is 0 Å². The van der Waals surface area contributed by atoms with Crippen LogP contribution in [0.1, 0.15) is 32.9 Å². The van der Waals surface area contributed by atoms with Crippen molar-refractivity contribution >= 4 is 17.4 Å². The lowest BCUT2D eigenvalue weighted by Crippen LogP contribution is -2.21. The Morgan fingerprint density at radius 1 is 1.38 bits per heavy atom.